The minimum absolute atomic E-state index is 0.0171. The smallest absolute Gasteiger partial charge is 0.224 e. The Kier molecular flexibility index (Phi) is 4.78. The summed E-state index contributed by atoms with van der Waals surface area (Å²) in [5.74, 6) is 0.700. The fraction of sp³-hybridized carbons (Fsp3) is 0.263. The summed E-state index contributed by atoms with van der Waals surface area (Å²) in [6.07, 6.45) is 1.25. The Labute approximate surface area is 140 Å². The molecule has 1 unspecified atom stereocenters. The predicted molar refractivity (Wildman–Crippen MR) is 89.6 cm³/mol. The van der Waals surface area contributed by atoms with Crippen LogP contribution in [-0.2, 0) is 11.2 Å². The van der Waals surface area contributed by atoms with Crippen LogP contribution in [0.1, 0.15) is 35.6 Å². The van der Waals surface area contributed by atoms with Gasteiger partial charge in [0.05, 0.1) is 11.6 Å². The second-order valence-electron chi connectivity index (χ2n) is 5.74. The molecule has 0 fully saturated rings. The van der Waals surface area contributed by atoms with Crippen LogP contribution >= 0.6 is 0 Å². The first-order chi connectivity index (χ1) is 11.7. The number of nitrogens with one attached hydrogen (secondary N) is 1. The highest BCUT2D eigenvalue weighted by atomic mass is 16.5. The number of fused-ring (bicyclic) bond motifs is 1. The average Bonchev–Trinajstić information content (AvgIpc) is 2.80. The predicted octanol–water partition coefficient (Wildman–Crippen LogP) is 2.95. The summed E-state index contributed by atoms with van der Waals surface area (Å²) >= 11 is 0. The summed E-state index contributed by atoms with van der Waals surface area (Å²) in [5.41, 5.74) is 3.00. The normalized spacial score (nSPS) is 14.8. The van der Waals surface area contributed by atoms with E-state index in [1.807, 2.05) is 24.3 Å². The molecule has 0 radical (unpaired) electrons. The summed E-state index contributed by atoms with van der Waals surface area (Å²) < 4.78 is 5.80. The lowest BCUT2D eigenvalue weighted by atomic mass is 10.1. The molecule has 1 amide bonds. The van der Waals surface area contributed by atoms with E-state index in [4.69, 9.17) is 10.00 Å². The Morgan fingerprint density at radius 3 is 2.75 bits per heavy atom. The van der Waals surface area contributed by atoms with Crippen molar-refractivity contribution in [1.82, 2.24) is 0 Å². The number of hydrogen-bond donors (Lipinski definition) is 2. The number of benzene rings is 2. The summed E-state index contributed by atoms with van der Waals surface area (Å²) in [6, 6.07) is 14.4. The van der Waals surface area contributed by atoms with Crippen molar-refractivity contribution in [2.75, 3.05) is 11.9 Å². The molecule has 0 bridgehead atoms. The highest BCUT2D eigenvalue weighted by molar-refractivity contribution is 5.92. The first-order valence-electron chi connectivity index (χ1n) is 7.90. The maximum Gasteiger partial charge on any atom is 0.224 e. The molecule has 3 rings (SSSR count). The van der Waals surface area contributed by atoms with E-state index in [2.05, 4.69) is 5.32 Å². The van der Waals surface area contributed by atoms with E-state index in [1.54, 1.807) is 24.3 Å². The summed E-state index contributed by atoms with van der Waals surface area (Å²) in [7, 11) is 0. The lowest BCUT2D eigenvalue weighted by Crippen LogP contribution is -2.12. The third-order valence-electron chi connectivity index (χ3n) is 4.06. The number of amides is 1. The Morgan fingerprint density at radius 1 is 1.21 bits per heavy atom. The van der Waals surface area contributed by atoms with E-state index < -0.39 is 6.10 Å². The molecule has 1 heterocycles. The van der Waals surface area contributed by atoms with Crippen molar-refractivity contribution in [2.24, 2.45) is 0 Å². The van der Waals surface area contributed by atoms with Gasteiger partial charge in [0.2, 0.25) is 5.91 Å². The van der Waals surface area contributed by atoms with E-state index in [1.165, 1.54) is 0 Å². The Morgan fingerprint density at radius 2 is 2.00 bits per heavy atom. The molecule has 0 aliphatic carbocycles. The monoisotopic (exact) mass is 322 g/mol. The average molecular weight is 322 g/mol. The Balaban J connectivity index is 1.71. The van der Waals surface area contributed by atoms with Crippen LogP contribution in [0.5, 0.6) is 5.75 Å². The Bertz CT molecular complexity index is 778. The molecule has 1 atom stereocenters. The van der Waals surface area contributed by atoms with Gasteiger partial charge in [0.15, 0.2) is 0 Å². The summed E-state index contributed by atoms with van der Waals surface area (Å²) in [6.45, 7) is 0.107. The number of ether oxygens (including phenoxy) is 1. The van der Waals surface area contributed by atoms with E-state index in [9.17, 15) is 9.90 Å². The highest BCUT2D eigenvalue weighted by Gasteiger charge is 2.17. The lowest BCUT2D eigenvalue weighted by molar-refractivity contribution is -0.116. The maximum atomic E-state index is 11.6. The van der Waals surface area contributed by atoms with Crippen LogP contribution < -0.4 is 10.1 Å². The highest BCUT2D eigenvalue weighted by Crippen LogP contribution is 2.31. The third-order valence-corrected chi connectivity index (χ3v) is 4.06. The second kappa shape index (κ2) is 7.16. The Hall–Kier alpha value is -2.84. The maximum absolute atomic E-state index is 11.6. The quantitative estimate of drug-likeness (QED) is 0.906. The SMILES string of the molecule is N#Cc1ccc(C(O)COc2cccc3c2CCCC(=O)N3)cc1. The van der Waals surface area contributed by atoms with Gasteiger partial charge in [-0.15, -0.1) is 0 Å². The zero-order chi connectivity index (χ0) is 16.9. The van der Waals surface area contributed by atoms with Gasteiger partial charge in [0.25, 0.3) is 0 Å². The number of rotatable bonds is 4. The fourth-order valence-corrected chi connectivity index (χ4v) is 2.76. The molecule has 5 nitrogen and oxygen atoms in total. The van der Waals surface area contributed by atoms with Crippen molar-refractivity contribution < 1.29 is 14.6 Å². The molecule has 1 aliphatic rings. The van der Waals surface area contributed by atoms with Gasteiger partial charge < -0.3 is 15.2 Å². The van der Waals surface area contributed by atoms with E-state index in [-0.39, 0.29) is 12.5 Å². The lowest BCUT2D eigenvalue weighted by Gasteiger charge is -2.16. The number of carbonyl (C=O) groups is 1. The second-order valence-corrected chi connectivity index (χ2v) is 5.74. The van der Waals surface area contributed by atoms with Crippen LogP contribution in [0.25, 0.3) is 0 Å². The van der Waals surface area contributed by atoms with Gasteiger partial charge in [0, 0.05) is 17.7 Å². The fourth-order valence-electron chi connectivity index (χ4n) is 2.76. The standard InChI is InChI=1S/C19H18N2O3/c20-11-13-7-9-14(10-8-13)17(22)12-24-18-5-2-4-16-15(18)3-1-6-19(23)21-16/h2,4-5,7-10,17,22H,1,3,6,12H2,(H,21,23). The largest absolute Gasteiger partial charge is 0.490 e. The van der Waals surface area contributed by atoms with Crippen molar-refractivity contribution >= 4 is 11.6 Å². The van der Waals surface area contributed by atoms with Gasteiger partial charge in [-0.05, 0) is 42.7 Å². The van der Waals surface area contributed by atoms with Crippen LogP contribution in [0.2, 0.25) is 0 Å². The molecular weight excluding hydrogens is 304 g/mol. The number of carbonyl (C=O) groups excluding carboxylic acids is 1. The van der Waals surface area contributed by atoms with Crippen molar-refractivity contribution in [3.05, 3.63) is 59.2 Å². The molecular formula is C19H18N2O3. The van der Waals surface area contributed by atoms with Crippen LogP contribution in [-0.4, -0.2) is 17.6 Å². The minimum atomic E-state index is -0.783. The van der Waals surface area contributed by atoms with Crippen molar-refractivity contribution in [1.29, 1.82) is 5.26 Å². The number of aliphatic hydroxyl groups excluding tert-OH is 1. The van der Waals surface area contributed by atoms with Crippen LogP contribution in [0, 0.1) is 11.3 Å². The van der Waals surface area contributed by atoms with Gasteiger partial charge in [0.1, 0.15) is 18.5 Å². The van der Waals surface area contributed by atoms with Gasteiger partial charge in [-0.1, -0.05) is 18.2 Å². The molecule has 2 aromatic carbocycles. The van der Waals surface area contributed by atoms with E-state index in [0.717, 1.165) is 24.1 Å². The molecule has 24 heavy (non-hydrogen) atoms. The van der Waals surface area contributed by atoms with Gasteiger partial charge in [-0.2, -0.15) is 5.26 Å². The molecule has 122 valence electrons. The summed E-state index contributed by atoms with van der Waals surface area (Å²) in [4.78, 5) is 11.6. The minimum Gasteiger partial charge on any atom is -0.490 e. The zero-order valence-corrected chi connectivity index (χ0v) is 13.2. The number of nitriles is 1. The van der Waals surface area contributed by atoms with Crippen molar-refractivity contribution in [3.63, 3.8) is 0 Å². The molecule has 5 heteroatoms. The molecule has 0 aromatic heterocycles. The van der Waals surface area contributed by atoms with Gasteiger partial charge in [-0.3, -0.25) is 4.79 Å². The summed E-state index contributed by atoms with van der Waals surface area (Å²) in [5, 5.41) is 22.0. The molecule has 2 N–H and O–H groups in total. The number of nitrogens with zero attached hydrogens (tertiary/aromatic N) is 1. The van der Waals surface area contributed by atoms with Gasteiger partial charge in [-0.25, -0.2) is 0 Å². The van der Waals surface area contributed by atoms with Crippen LogP contribution in [0.15, 0.2) is 42.5 Å². The first-order valence-corrected chi connectivity index (χ1v) is 7.90. The number of hydrogen-bond acceptors (Lipinski definition) is 4. The molecule has 0 spiro atoms. The van der Waals surface area contributed by atoms with Crippen LogP contribution in [0.4, 0.5) is 5.69 Å². The molecule has 2 aromatic rings. The van der Waals surface area contributed by atoms with E-state index in [0.29, 0.717) is 23.3 Å². The van der Waals surface area contributed by atoms with Crippen LogP contribution in [0.3, 0.4) is 0 Å². The number of anilines is 1. The van der Waals surface area contributed by atoms with Gasteiger partial charge >= 0.3 is 0 Å². The van der Waals surface area contributed by atoms with Crippen molar-refractivity contribution in [2.45, 2.75) is 25.4 Å². The van der Waals surface area contributed by atoms with E-state index >= 15 is 0 Å². The number of aliphatic hydroxyl groups is 1. The molecule has 0 saturated carbocycles. The molecule has 1 aliphatic heterocycles. The zero-order valence-electron chi connectivity index (χ0n) is 13.2. The van der Waals surface area contributed by atoms with Crippen molar-refractivity contribution in [3.8, 4) is 11.8 Å². The first kappa shape index (κ1) is 16.0. The third kappa shape index (κ3) is 3.55. The molecule has 0 saturated heterocycles. The topological polar surface area (TPSA) is 82.3 Å².